The summed E-state index contributed by atoms with van der Waals surface area (Å²) in [5, 5.41) is 15.6. The lowest BCUT2D eigenvalue weighted by atomic mass is 10.1. The molecule has 0 saturated heterocycles. The van der Waals surface area contributed by atoms with Gasteiger partial charge in [0.15, 0.2) is 6.29 Å². The van der Waals surface area contributed by atoms with Crippen molar-refractivity contribution in [3.63, 3.8) is 0 Å². The molecule has 16 heavy (non-hydrogen) atoms. The molecule has 0 aliphatic rings. The fraction of sp³-hybridized carbons (Fsp3) is 0.200. The predicted octanol–water partition coefficient (Wildman–Crippen LogP) is 2.12. The Morgan fingerprint density at radius 1 is 1.56 bits per heavy atom. The number of anilines is 1. The van der Waals surface area contributed by atoms with Gasteiger partial charge in [-0.05, 0) is 18.2 Å². The summed E-state index contributed by atoms with van der Waals surface area (Å²) in [6, 6.07) is 6.43. The number of nitriles is 1. The fourth-order valence-electron chi connectivity index (χ4n) is 1.01. The van der Waals surface area contributed by atoms with Crippen LogP contribution in [0.5, 0.6) is 0 Å². The summed E-state index contributed by atoms with van der Waals surface area (Å²) in [6.07, 6.45) is 0.605. The average molecular weight is 220 g/mol. The van der Waals surface area contributed by atoms with Crippen molar-refractivity contribution in [1.82, 2.24) is 0 Å². The minimum atomic E-state index is -0.584. The molecule has 0 amide bonds. The van der Waals surface area contributed by atoms with Crippen LogP contribution in [0, 0.1) is 11.3 Å². The van der Waals surface area contributed by atoms with Crippen LogP contribution >= 0.6 is 0 Å². The second-order valence-electron chi connectivity index (χ2n) is 2.80. The van der Waals surface area contributed by atoms with Crippen molar-refractivity contribution >= 4 is 12.0 Å². The Morgan fingerprint density at radius 2 is 2.38 bits per heavy atom. The van der Waals surface area contributed by atoms with Crippen molar-refractivity contribution in [2.45, 2.75) is 0 Å². The molecule has 82 valence electrons. The van der Waals surface area contributed by atoms with Crippen molar-refractivity contribution in [2.75, 3.05) is 18.6 Å². The minimum absolute atomic E-state index is 0.0281. The molecule has 1 aromatic rings. The summed E-state index contributed by atoms with van der Waals surface area (Å²) in [6.45, 7) is -0.612. The molecule has 0 aliphatic heterocycles. The zero-order valence-corrected chi connectivity index (χ0v) is 8.35. The number of nitrogens with one attached hydrogen (secondary N) is 1. The molecule has 0 radical (unpaired) electrons. The minimum Gasteiger partial charge on any atom is -0.298 e. The normalized spacial score (nSPS) is 10.0. The number of hydrogen-bond acceptors (Lipinski definition) is 4. The van der Waals surface area contributed by atoms with Crippen LogP contribution < -0.4 is 5.43 Å². The van der Waals surface area contributed by atoms with Crippen LogP contribution in [0.1, 0.15) is 15.9 Å². The van der Waals surface area contributed by atoms with Gasteiger partial charge >= 0.3 is 0 Å². The third-order valence-corrected chi connectivity index (χ3v) is 1.73. The maximum absolute atomic E-state index is 11.7. The summed E-state index contributed by atoms with van der Waals surface area (Å²) in [7, 11) is 0. The van der Waals surface area contributed by atoms with E-state index >= 15 is 0 Å². The Kier molecular flexibility index (Phi) is 4.60. The van der Waals surface area contributed by atoms with Gasteiger partial charge in [0.2, 0.25) is 0 Å². The van der Waals surface area contributed by atoms with Crippen LogP contribution in [0.15, 0.2) is 28.5 Å². The predicted molar refractivity (Wildman–Crippen MR) is 55.9 cm³/mol. The monoisotopic (exact) mass is 220 g/mol. The van der Waals surface area contributed by atoms with Crippen LogP contribution in [0.2, 0.25) is 0 Å². The van der Waals surface area contributed by atoms with Gasteiger partial charge in [0, 0.05) is 5.56 Å². The SMILES string of the molecule is N#Cc1ccc(NN=NCCF)c(C=O)c1. The number of carbonyl (C=O) groups excluding carboxylic acids is 1. The first-order valence-corrected chi connectivity index (χ1v) is 4.49. The molecule has 1 N–H and O–H groups in total. The van der Waals surface area contributed by atoms with Crippen molar-refractivity contribution in [2.24, 2.45) is 10.3 Å². The molecule has 6 heteroatoms. The number of hydrogen-bond donors (Lipinski definition) is 1. The van der Waals surface area contributed by atoms with E-state index in [-0.39, 0.29) is 6.54 Å². The van der Waals surface area contributed by atoms with E-state index in [0.29, 0.717) is 23.1 Å². The Labute approximate surface area is 91.6 Å². The van der Waals surface area contributed by atoms with E-state index in [2.05, 4.69) is 15.8 Å². The van der Waals surface area contributed by atoms with E-state index in [9.17, 15) is 9.18 Å². The summed E-state index contributed by atoms with van der Waals surface area (Å²) in [5.41, 5.74) is 3.62. The quantitative estimate of drug-likeness (QED) is 0.469. The molecule has 0 bridgehead atoms. The average Bonchev–Trinajstić information content (AvgIpc) is 2.34. The van der Waals surface area contributed by atoms with Crippen LogP contribution in [-0.4, -0.2) is 19.5 Å². The molecule has 0 saturated carbocycles. The summed E-state index contributed by atoms with van der Waals surface area (Å²) >= 11 is 0. The van der Waals surface area contributed by atoms with E-state index in [1.54, 1.807) is 6.07 Å². The van der Waals surface area contributed by atoms with Crippen LogP contribution in [0.4, 0.5) is 10.1 Å². The van der Waals surface area contributed by atoms with Gasteiger partial charge in [0.05, 0.1) is 23.9 Å². The number of carbonyl (C=O) groups is 1. The Hall–Kier alpha value is -2.29. The molecule has 0 fully saturated rings. The van der Waals surface area contributed by atoms with Gasteiger partial charge in [-0.25, -0.2) is 4.39 Å². The Bertz CT molecular complexity index is 439. The van der Waals surface area contributed by atoms with Crippen molar-refractivity contribution in [3.8, 4) is 6.07 Å². The van der Waals surface area contributed by atoms with Gasteiger partial charge in [0.25, 0.3) is 0 Å². The molecular weight excluding hydrogens is 211 g/mol. The molecule has 0 unspecified atom stereocenters. The number of benzene rings is 1. The van der Waals surface area contributed by atoms with Crippen LogP contribution in [0.25, 0.3) is 0 Å². The highest BCUT2D eigenvalue weighted by molar-refractivity contribution is 5.84. The highest BCUT2D eigenvalue weighted by Gasteiger charge is 2.01. The third-order valence-electron chi connectivity index (χ3n) is 1.73. The Morgan fingerprint density at radius 3 is 3.00 bits per heavy atom. The Balaban J connectivity index is 2.80. The lowest BCUT2D eigenvalue weighted by Gasteiger charge is -2.02. The summed E-state index contributed by atoms with van der Waals surface area (Å²) < 4.78 is 11.7. The number of alkyl halides is 1. The molecule has 1 rings (SSSR count). The number of aldehydes is 1. The summed E-state index contributed by atoms with van der Waals surface area (Å²) in [4.78, 5) is 10.7. The van der Waals surface area contributed by atoms with Gasteiger partial charge in [-0.2, -0.15) is 10.4 Å². The van der Waals surface area contributed by atoms with E-state index in [4.69, 9.17) is 5.26 Å². The highest BCUT2D eigenvalue weighted by Crippen LogP contribution is 2.15. The van der Waals surface area contributed by atoms with Gasteiger partial charge in [-0.1, -0.05) is 5.22 Å². The smallest absolute Gasteiger partial charge is 0.152 e. The largest absolute Gasteiger partial charge is 0.298 e. The van der Waals surface area contributed by atoms with Gasteiger partial charge < -0.3 is 0 Å². The molecule has 0 spiro atoms. The number of halogens is 1. The highest BCUT2D eigenvalue weighted by atomic mass is 19.1. The second kappa shape index (κ2) is 6.24. The maximum Gasteiger partial charge on any atom is 0.152 e. The van der Waals surface area contributed by atoms with Gasteiger partial charge in [0.1, 0.15) is 6.67 Å². The van der Waals surface area contributed by atoms with E-state index < -0.39 is 6.67 Å². The number of rotatable bonds is 5. The van der Waals surface area contributed by atoms with Crippen molar-refractivity contribution in [1.29, 1.82) is 5.26 Å². The molecule has 0 atom stereocenters. The molecule has 0 heterocycles. The first kappa shape index (κ1) is 11.8. The lowest BCUT2D eigenvalue weighted by molar-refractivity contribution is 0.112. The van der Waals surface area contributed by atoms with Crippen LogP contribution in [0.3, 0.4) is 0 Å². The zero-order valence-electron chi connectivity index (χ0n) is 8.35. The van der Waals surface area contributed by atoms with E-state index in [0.717, 1.165) is 0 Å². The summed E-state index contributed by atoms with van der Waals surface area (Å²) in [5.74, 6) is 0. The molecule has 0 aliphatic carbocycles. The standard InChI is InChI=1S/C10H9FN4O/c11-3-4-13-15-14-10-2-1-8(6-12)5-9(10)7-16/h1-2,5,7H,3-4H2,(H,13,14). The van der Waals surface area contributed by atoms with E-state index in [1.807, 2.05) is 6.07 Å². The van der Waals surface area contributed by atoms with Crippen molar-refractivity contribution in [3.05, 3.63) is 29.3 Å². The van der Waals surface area contributed by atoms with Gasteiger partial charge in [-0.15, -0.1) is 0 Å². The first-order chi connectivity index (χ1) is 7.81. The maximum atomic E-state index is 11.7. The van der Waals surface area contributed by atoms with Crippen molar-refractivity contribution < 1.29 is 9.18 Å². The first-order valence-electron chi connectivity index (χ1n) is 4.49. The van der Waals surface area contributed by atoms with E-state index in [1.165, 1.54) is 12.1 Å². The third kappa shape index (κ3) is 3.13. The number of nitrogens with zero attached hydrogens (tertiary/aromatic N) is 3. The molecule has 1 aromatic carbocycles. The lowest BCUT2D eigenvalue weighted by Crippen LogP contribution is -1.94. The van der Waals surface area contributed by atoms with Crippen LogP contribution in [-0.2, 0) is 0 Å². The fourth-order valence-corrected chi connectivity index (χ4v) is 1.01. The topological polar surface area (TPSA) is 77.6 Å². The molecular formula is C10H9FN4O. The molecule has 5 nitrogen and oxygen atoms in total. The zero-order chi connectivity index (χ0) is 11.8. The molecule has 0 aromatic heterocycles. The second-order valence-corrected chi connectivity index (χ2v) is 2.80. The van der Waals surface area contributed by atoms with Gasteiger partial charge in [-0.3, -0.25) is 10.2 Å².